The maximum Gasteiger partial charge on any atom is 0.245 e. The van der Waals surface area contributed by atoms with E-state index >= 15 is 0 Å². The molecule has 1 atom stereocenters. The van der Waals surface area contributed by atoms with Crippen molar-refractivity contribution in [2.45, 2.75) is 38.1 Å². The summed E-state index contributed by atoms with van der Waals surface area (Å²) >= 11 is 0. The summed E-state index contributed by atoms with van der Waals surface area (Å²) in [6.07, 6.45) is 5.42. The second kappa shape index (κ2) is 5.47. The van der Waals surface area contributed by atoms with Gasteiger partial charge in [0.25, 0.3) is 0 Å². The van der Waals surface area contributed by atoms with Crippen LogP contribution in [0.15, 0.2) is 0 Å². The molecule has 1 N–H and O–H groups in total. The first kappa shape index (κ1) is 12.3. The Bertz CT molecular complexity index is 303. The van der Waals surface area contributed by atoms with E-state index in [0.717, 1.165) is 25.7 Å². The van der Waals surface area contributed by atoms with Crippen LogP contribution in [0.5, 0.6) is 0 Å². The third-order valence-corrected chi connectivity index (χ3v) is 3.70. The van der Waals surface area contributed by atoms with Crippen LogP contribution in [0.1, 0.15) is 32.1 Å². The first-order valence-corrected chi connectivity index (χ1v) is 6.36. The van der Waals surface area contributed by atoms with Gasteiger partial charge in [-0.1, -0.05) is 19.3 Å². The van der Waals surface area contributed by atoms with Crippen LogP contribution in [-0.4, -0.2) is 42.5 Å². The van der Waals surface area contributed by atoms with Gasteiger partial charge in [0.05, 0.1) is 6.54 Å². The summed E-state index contributed by atoms with van der Waals surface area (Å²) in [5.74, 6) is -0.0228. The van der Waals surface area contributed by atoms with Crippen molar-refractivity contribution in [1.29, 1.82) is 0 Å². The van der Waals surface area contributed by atoms with Crippen molar-refractivity contribution in [2.75, 3.05) is 19.8 Å². The number of carbonyl (C=O) groups excluding carboxylic acids is 2. The predicted molar refractivity (Wildman–Crippen MR) is 61.1 cm³/mol. The highest BCUT2D eigenvalue weighted by Gasteiger charge is 2.37. The summed E-state index contributed by atoms with van der Waals surface area (Å²) in [5.41, 5.74) is 0. The van der Waals surface area contributed by atoms with Crippen LogP contribution < -0.4 is 5.32 Å². The summed E-state index contributed by atoms with van der Waals surface area (Å²) in [6, 6.07) is -0.414. The minimum atomic E-state index is -0.587. The molecule has 0 radical (unpaired) electrons. The van der Waals surface area contributed by atoms with E-state index in [9.17, 15) is 14.0 Å². The smallest absolute Gasteiger partial charge is 0.245 e. The van der Waals surface area contributed by atoms with Crippen molar-refractivity contribution in [3.8, 4) is 0 Å². The third-order valence-electron chi connectivity index (χ3n) is 3.70. The molecule has 0 spiro atoms. The Hall–Kier alpha value is -1.13. The quantitative estimate of drug-likeness (QED) is 0.798. The molecule has 2 aliphatic rings. The molecule has 2 fully saturated rings. The molecular weight excluding hydrogens is 223 g/mol. The molecular formula is C12H19FN2O2. The van der Waals surface area contributed by atoms with E-state index in [1.54, 1.807) is 0 Å². The molecule has 5 heteroatoms. The average molecular weight is 242 g/mol. The molecule has 0 bridgehead atoms. The Labute approximate surface area is 101 Å². The van der Waals surface area contributed by atoms with Crippen LogP contribution in [0, 0.1) is 5.92 Å². The first-order chi connectivity index (χ1) is 8.22. The fourth-order valence-electron chi connectivity index (χ4n) is 2.81. The lowest BCUT2D eigenvalue weighted by Crippen LogP contribution is -2.61. The minimum Gasteiger partial charge on any atom is -0.342 e. The first-order valence-electron chi connectivity index (χ1n) is 6.36. The summed E-state index contributed by atoms with van der Waals surface area (Å²) in [5, 5.41) is 2.77. The van der Waals surface area contributed by atoms with Gasteiger partial charge in [-0.2, -0.15) is 0 Å². The molecule has 96 valence electrons. The van der Waals surface area contributed by atoms with Gasteiger partial charge >= 0.3 is 0 Å². The zero-order valence-electron chi connectivity index (χ0n) is 9.95. The topological polar surface area (TPSA) is 49.4 Å². The van der Waals surface area contributed by atoms with E-state index in [4.69, 9.17) is 0 Å². The number of halogens is 1. The zero-order chi connectivity index (χ0) is 12.3. The molecule has 0 aromatic rings. The SMILES string of the molecule is O=C1CN(CCF)C(=O)C(C2CCCCC2)N1. The standard InChI is InChI=1S/C12H19FN2O2/c13-6-7-15-8-10(16)14-11(12(15)17)9-4-2-1-3-5-9/h9,11H,1-8H2,(H,14,16). The molecule has 1 saturated carbocycles. The van der Waals surface area contributed by atoms with Gasteiger partial charge in [0.2, 0.25) is 11.8 Å². The molecule has 2 rings (SSSR count). The summed E-state index contributed by atoms with van der Waals surface area (Å²) in [6.45, 7) is -0.544. The number of piperazine rings is 1. The second-order valence-electron chi connectivity index (χ2n) is 4.89. The molecule has 4 nitrogen and oxygen atoms in total. The average Bonchev–Trinajstić information content (AvgIpc) is 2.35. The van der Waals surface area contributed by atoms with Crippen LogP contribution in [0.2, 0.25) is 0 Å². The number of rotatable bonds is 3. The summed E-state index contributed by atoms with van der Waals surface area (Å²) in [4.78, 5) is 25.0. The van der Waals surface area contributed by atoms with E-state index in [0.29, 0.717) is 0 Å². The lowest BCUT2D eigenvalue weighted by molar-refractivity contribution is -0.146. The summed E-state index contributed by atoms with van der Waals surface area (Å²) < 4.78 is 12.3. The Kier molecular flexibility index (Phi) is 3.97. The van der Waals surface area contributed by atoms with Crippen LogP contribution in [0.3, 0.4) is 0 Å². The third kappa shape index (κ3) is 2.76. The van der Waals surface area contributed by atoms with Gasteiger partial charge in [0.15, 0.2) is 0 Å². The van der Waals surface area contributed by atoms with Crippen LogP contribution in [0.4, 0.5) is 4.39 Å². The molecule has 1 aliphatic carbocycles. The lowest BCUT2D eigenvalue weighted by Gasteiger charge is -2.37. The molecule has 1 heterocycles. The van der Waals surface area contributed by atoms with Crippen molar-refractivity contribution >= 4 is 11.8 Å². The van der Waals surface area contributed by atoms with Crippen LogP contribution in [0.25, 0.3) is 0 Å². The molecule has 1 unspecified atom stereocenters. The van der Waals surface area contributed by atoms with E-state index in [1.165, 1.54) is 11.3 Å². The number of hydrogen-bond acceptors (Lipinski definition) is 2. The maximum absolute atomic E-state index is 12.3. The van der Waals surface area contributed by atoms with E-state index in [-0.39, 0.29) is 30.8 Å². The number of alkyl halides is 1. The fraction of sp³-hybridized carbons (Fsp3) is 0.833. The number of amides is 2. The van der Waals surface area contributed by atoms with Gasteiger partial charge in [-0.05, 0) is 18.8 Å². The number of nitrogens with one attached hydrogen (secondary N) is 1. The molecule has 1 aliphatic heterocycles. The highest BCUT2D eigenvalue weighted by Crippen LogP contribution is 2.28. The Morgan fingerprint density at radius 3 is 2.59 bits per heavy atom. The van der Waals surface area contributed by atoms with Gasteiger partial charge < -0.3 is 10.2 Å². The second-order valence-corrected chi connectivity index (χ2v) is 4.89. The minimum absolute atomic E-state index is 0.00593. The van der Waals surface area contributed by atoms with Gasteiger partial charge in [-0.25, -0.2) is 4.39 Å². The van der Waals surface area contributed by atoms with Gasteiger partial charge in [0.1, 0.15) is 12.7 Å². The molecule has 0 aromatic heterocycles. The van der Waals surface area contributed by atoms with Crippen molar-refractivity contribution in [1.82, 2.24) is 10.2 Å². The van der Waals surface area contributed by atoms with E-state index < -0.39 is 12.7 Å². The largest absolute Gasteiger partial charge is 0.342 e. The Morgan fingerprint density at radius 1 is 1.24 bits per heavy atom. The van der Waals surface area contributed by atoms with E-state index in [2.05, 4.69) is 5.32 Å². The van der Waals surface area contributed by atoms with Crippen molar-refractivity contribution < 1.29 is 14.0 Å². The lowest BCUT2D eigenvalue weighted by atomic mass is 9.82. The molecule has 1 saturated heterocycles. The van der Waals surface area contributed by atoms with Crippen LogP contribution in [-0.2, 0) is 9.59 Å². The van der Waals surface area contributed by atoms with Gasteiger partial charge in [-0.3, -0.25) is 9.59 Å². The fourth-order valence-corrected chi connectivity index (χ4v) is 2.81. The zero-order valence-corrected chi connectivity index (χ0v) is 9.95. The molecule has 17 heavy (non-hydrogen) atoms. The Balaban J connectivity index is 2.03. The predicted octanol–water partition coefficient (Wildman–Crippen LogP) is 0.863. The molecule has 0 aromatic carbocycles. The number of hydrogen-bond donors (Lipinski definition) is 1. The van der Waals surface area contributed by atoms with E-state index in [1.807, 2.05) is 0 Å². The van der Waals surface area contributed by atoms with Crippen LogP contribution >= 0.6 is 0 Å². The van der Waals surface area contributed by atoms with Crippen molar-refractivity contribution in [3.05, 3.63) is 0 Å². The highest BCUT2D eigenvalue weighted by molar-refractivity contribution is 5.95. The molecule has 2 amide bonds. The summed E-state index contributed by atoms with van der Waals surface area (Å²) in [7, 11) is 0. The highest BCUT2D eigenvalue weighted by atomic mass is 19.1. The van der Waals surface area contributed by atoms with Gasteiger partial charge in [-0.15, -0.1) is 0 Å². The normalized spacial score (nSPS) is 27.1. The van der Waals surface area contributed by atoms with Crippen molar-refractivity contribution in [2.24, 2.45) is 5.92 Å². The number of carbonyl (C=O) groups is 2. The van der Waals surface area contributed by atoms with Crippen molar-refractivity contribution in [3.63, 3.8) is 0 Å². The monoisotopic (exact) mass is 242 g/mol. The maximum atomic E-state index is 12.3. The van der Waals surface area contributed by atoms with Gasteiger partial charge in [0, 0.05) is 6.54 Å². The Morgan fingerprint density at radius 2 is 1.94 bits per heavy atom. The number of nitrogens with zero attached hydrogens (tertiary/aromatic N) is 1.